The average Bonchev–Trinajstić information content (AvgIpc) is 2.38. The molecule has 0 aromatic carbocycles. The lowest BCUT2D eigenvalue weighted by Gasteiger charge is -2.30. The molecular formula is C13H19ClN4O. The van der Waals surface area contributed by atoms with Gasteiger partial charge < -0.3 is 15.0 Å². The predicted octanol–water partition coefficient (Wildman–Crippen LogP) is 2.21. The third-order valence-corrected chi connectivity index (χ3v) is 3.10. The van der Waals surface area contributed by atoms with Crippen LogP contribution in [0.2, 0.25) is 5.15 Å². The molecule has 2 heterocycles. The summed E-state index contributed by atoms with van der Waals surface area (Å²) in [6.45, 7) is 6.91. The van der Waals surface area contributed by atoms with Gasteiger partial charge in [-0.1, -0.05) is 11.6 Å². The summed E-state index contributed by atoms with van der Waals surface area (Å²) < 4.78 is 5.31. The van der Waals surface area contributed by atoms with Crippen molar-refractivity contribution in [1.29, 1.82) is 5.41 Å². The Balaban J connectivity index is 2.24. The van der Waals surface area contributed by atoms with Crippen molar-refractivity contribution in [3.8, 4) is 0 Å². The Kier molecular flexibility index (Phi) is 4.61. The Labute approximate surface area is 118 Å². The van der Waals surface area contributed by atoms with E-state index in [4.69, 9.17) is 21.7 Å². The highest BCUT2D eigenvalue weighted by Gasteiger charge is 2.18. The van der Waals surface area contributed by atoms with Crippen LogP contribution in [0, 0.1) is 5.41 Å². The monoisotopic (exact) mass is 282 g/mol. The number of nitrogens with one attached hydrogen (secondary N) is 2. The summed E-state index contributed by atoms with van der Waals surface area (Å²) in [6.07, 6.45) is 1.66. The molecule has 2 N–H and O–H groups in total. The Morgan fingerprint density at radius 3 is 2.79 bits per heavy atom. The number of aromatic nitrogens is 1. The van der Waals surface area contributed by atoms with Crippen molar-refractivity contribution in [2.45, 2.75) is 19.9 Å². The molecular weight excluding hydrogens is 264 g/mol. The molecule has 0 aliphatic carbocycles. The largest absolute Gasteiger partial charge is 0.382 e. The van der Waals surface area contributed by atoms with Gasteiger partial charge in [-0.3, -0.25) is 5.41 Å². The molecule has 1 aromatic heterocycles. The number of nitrogens with zero attached hydrogens (tertiary/aromatic N) is 2. The number of hydrogen-bond donors (Lipinski definition) is 2. The molecule has 1 aliphatic rings. The maximum absolute atomic E-state index is 8.33. The standard InChI is InChI=1S/C13H19ClN4O/c1-9(2)17-11-7-12(14)16-8-10(11)13(15)18-3-5-19-6-4-18/h7-9,15H,3-6H2,1-2H3,(H,16,17). The molecule has 0 saturated carbocycles. The highest BCUT2D eigenvalue weighted by molar-refractivity contribution is 6.29. The summed E-state index contributed by atoms with van der Waals surface area (Å²) in [5, 5.41) is 12.1. The van der Waals surface area contributed by atoms with Crippen LogP contribution in [0.3, 0.4) is 0 Å². The minimum absolute atomic E-state index is 0.273. The number of morpholine rings is 1. The number of hydrogen-bond acceptors (Lipinski definition) is 4. The second kappa shape index (κ2) is 6.21. The fourth-order valence-corrected chi connectivity index (χ4v) is 2.16. The highest BCUT2D eigenvalue weighted by atomic mass is 35.5. The first-order valence-corrected chi connectivity index (χ1v) is 6.79. The third-order valence-electron chi connectivity index (χ3n) is 2.90. The molecule has 2 rings (SSSR count). The second-order valence-electron chi connectivity index (χ2n) is 4.80. The molecule has 19 heavy (non-hydrogen) atoms. The molecule has 1 aliphatic heterocycles. The van der Waals surface area contributed by atoms with Gasteiger partial charge in [0.15, 0.2) is 0 Å². The van der Waals surface area contributed by atoms with E-state index < -0.39 is 0 Å². The van der Waals surface area contributed by atoms with Crippen LogP contribution in [-0.4, -0.2) is 48.1 Å². The molecule has 1 fully saturated rings. The first-order valence-electron chi connectivity index (χ1n) is 6.41. The maximum Gasteiger partial charge on any atom is 0.131 e. The van der Waals surface area contributed by atoms with Crippen LogP contribution in [0.15, 0.2) is 12.3 Å². The van der Waals surface area contributed by atoms with Crippen LogP contribution in [0.1, 0.15) is 19.4 Å². The van der Waals surface area contributed by atoms with E-state index >= 15 is 0 Å². The van der Waals surface area contributed by atoms with Crippen LogP contribution < -0.4 is 5.32 Å². The molecule has 6 heteroatoms. The maximum atomic E-state index is 8.33. The van der Waals surface area contributed by atoms with Gasteiger partial charge >= 0.3 is 0 Å². The molecule has 0 radical (unpaired) electrons. The smallest absolute Gasteiger partial charge is 0.131 e. The summed E-state index contributed by atoms with van der Waals surface area (Å²) in [5.41, 5.74) is 1.63. The number of amidine groups is 1. The Hall–Kier alpha value is -1.33. The minimum Gasteiger partial charge on any atom is -0.382 e. The molecule has 5 nitrogen and oxygen atoms in total. The number of rotatable bonds is 3. The normalized spacial score (nSPS) is 15.7. The van der Waals surface area contributed by atoms with Gasteiger partial charge in [-0.25, -0.2) is 4.98 Å². The number of pyridine rings is 1. The van der Waals surface area contributed by atoms with Crippen molar-refractivity contribution >= 4 is 23.1 Å². The Bertz CT molecular complexity index is 458. The van der Waals surface area contributed by atoms with Gasteiger partial charge in [-0.2, -0.15) is 0 Å². The quantitative estimate of drug-likeness (QED) is 0.507. The van der Waals surface area contributed by atoms with E-state index in [1.807, 2.05) is 4.90 Å². The molecule has 104 valence electrons. The molecule has 1 saturated heterocycles. The highest BCUT2D eigenvalue weighted by Crippen LogP contribution is 2.21. The van der Waals surface area contributed by atoms with Gasteiger partial charge in [0.2, 0.25) is 0 Å². The topological polar surface area (TPSA) is 61.2 Å². The second-order valence-corrected chi connectivity index (χ2v) is 5.19. The molecule has 0 atom stereocenters. The zero-order valence-electron chi connectivity index (χ0n) is 11.2. The molecule has 0 bridgehead atoms. The molecule has 0 unspecified atom stereocenters. The van der Waals surface area contributed by atoms with Gasteiger partial charge in [0.05, 0.1) is 18.8 Å². The van der Waals surface area contributed by atoms with E-state index in [2.05, 4.69) is 24.1 Å². The van der Waals surface area contributed by atoms with Crippen molar-refractivity contribution in [2.24, 2.45) is 0 Å². The van der Waals surface area contributed by atoms with E-state index in [-0.39, 0.29) is 6.04 Å². The fraction of sp³-hybridized carbons (Fsp3) is 0.538. The van der Waals surface area contributed by atoms with E-state index in [9.17, 15) is 0 Å². The zero-order chi connectivity index (χ0) is 13.8. The summed E-state index contributed by atoms with van der Waals surface area (Å²) in [7, 11) is 0. The van der Waals surface area contributed by atoms with Crippen LogP contribution >= 0.6 is 11.6 Å². The third kappa shape index (κ3) is 3.58. The van der Waals surface area contributed by atoms with Gasteiger partial charge in [-0.05, 0) is 19.9 Å². The van der Waals surface area contributed by atoms with Crippen molar-refractivity contribution in [3.63, 3.8) is 0 Å². The fourth-order valence-electron chi connectivity index (χ4n) is 2.01. The van der Waals surface area contributed by atoms with E-state index in [0.717, 1.165) is 24.3 Å². The van der Waals surface area contributed by atoms with Gasteiger partial charge in [0.1, 0.15) is 11.0 Å². The van der Waals surface area contributed by atoms with Gasteiger partial charge in [0, 0.05) is 31.0 Å². The Morgan fingerprint density at radius 2 is 2.16 bits per heavy atom. The van der Waals surface area contributed by atoms with Crippen LogP contribution in [0.4, 0.5) is 5.69 Å². The van der Waals surface area contributed by atoms with E-state index in [0.29, 0.717) is 24.2 Å². The van der Waals surface area contributed by atoms with Gasteiger partial charge in [-0.15, -0.1) is 0 Å². The summed E-state index contributed by atoms with van der Waals surface area (Å²) in [5.74, 6) is 0.468. The van der Waals surface area contributed by atoms with Crippen LogP contribution in [0.25, 0.3) is 0 Å². The van der Waals surface area contributed by atoms with E-state index in [1.165, 1.54) is 0 Å². The van der Waals surface area contributed by atoms with Crippen molar-refractivity contribution < 1.29 is 4.74 Å². The van der Waals surface area contributed by atoms with Crippen LogP contribution in [-0.2, 0) is 4.74 Å². The number of ether oxygens (including phenoxy) is 1. The first-order chi connectivity index (χ1) is 9.08. The van der Waals surface area contributed by atoms with Gasteiger partial charge in [0.25, 0.3) is 0 Å². The van der Waals surface area contributed by atoms with E-state index in [1.54, 1.807) is 12.3 Å². The lowest BCUT2D eigenvalue weighted by Crippen LogP contribution is -2.41. The van der Waals surface area contributed by atoms with Crippen molar-refractivity contribution in [1.82, 2.24) is 9.88 Å². The minimum atomic E-state index is 0.273. The molecule has 1 aromatic rings. The summed E-state index contributed by atoms with van der Waals surface area (Å²) >= 11 is 5.94. The summed E-state index contributed by atoms with van der Waals surface area (Å²) in [6, 6.07) is 2.04. The molecule has 0 amide bonds. The number of anilines is 1. The SMILES string of the molecule is CC(C)Nc1cc(Cl)ncc1C(=N)N1CCOCC1. The lowest BCUT2D eigenvalue weighted by atomic mass is 10.1. The predicted molar refractivity (Wildman–Crippen MR) is 77.2 cm³/mol. The number of halogens is 1. The first kappa shape index (κ1) is 14.1. The van der Waals surface area contributed by atoms with Crippen molar-refractivity contribution in [3.05, 3.63) is 23.0 Å². The Morgan fingerprint density at radius 1 is 1.47 bits per heavy atom. The van der Waals surface area contributed by atoms with Crippen molar-refractivity contribution in [2.75, 3.05) is 31.6 Å². The molecule has 0 spiro atoms. The summed E-state index contributed by atoms with van der Waals surface area (Å²) in [4.78, 5) is 6.09. The average molecular weight is 283 g/mol. The lowest BCUT2D eigenvalue weighted by molar-refractivity contribution is 0.0680. The zero-order valence-corrected chi connectivity index (χ0v) is 12.0. The van der Waals surface area contributed by atoms with Crippen LogP contribution in [0.5, 0.6) is 0 Å².